The number of anilines is 4. The Bertz CT molecular complexity index is 3470. The second-order valence-corrected chi connectivity index (χ2v) is 18.7. The Hall–Kier alpha value is -6.18. The molecule has 0 fully saturated rings. The van der Waals surface area contributed by atoms with E-state index in [0.717, 1.165) is 12.1 Å². The van der Waals surface area contributed by atoms with Crippen molar-refractivity contribution in [2.75, 3.05) is 10.6 Å². The fraction of sp³-hybridized carbons (Fsp3) is 0. The Labute approximate surface area is 402 Å². The van der Waals surface area contributed by atoms with Crippen LogP contribution in [0, 0.1) is 0 Å². The Balaban J connectivity index is 0.00000420. The van der Waals surface area contributed by atoms with Crippen molar-refractivity contribution in [1.82, 2.24) is 15.0 Å². The van der Waals surface area contributed by atoms with Crippen LogP contribution in [0.25, 0.3) is 21.5 Å². The maximum Gasteiger partial charge on any atom is 2.00 e. The van der Waals surface area contributed by atoms with Crippen LogP contribution in [0.4, 0.5) is 46.0 Å². The molecule has 32 heteroatoms. The van der Waals surface area contributed by atoms with E-state index in [9.17, 15) is 72.3 Å². The first-order valence-electron chi connectivity index (χ1n) is 17.1. The van der Waals surface area contributed by atoms with E-state index in [1.54, 1.807) is 0 Å². The quantitative estimate of drug-likeness (QED) is 0.101. The minimum atomic E-state index is -5.47. The molecule has 2 N–H and O–H groups in total. The van der Waals surface area contributed by atoms with Gasteiger partial charge in [0.1, 0.15) is 40.5 Å². The molecule has 25 nitrogen and oxygen atoms in total. The van der Waals surface area contributed by atoms with E-state index < -0.39 is 111 Å². The normalized spacial score (nSPS) is 12.3. The van der Waals surface area contributed by atoms with Crippen molar-refractivity contribution < 1.29 is 106 Å². The molecular weight excluding hydrogens is 1090 g/mol. The van der Waals surface area contributed by atoms with Gasteiger partial charge in [0.05, 0.1) is 42.3 Å². The van der Waals surface area contributed by atoms with Crippen molar-refractivity contribution in [1.29, 1.82) is 0 Å². The Kier molecular flexibility index (Phi) is 14.8. The van der Waals surface area contributed by atoms with Crippen molar-refractivity contribution in [2.45, 2.75) is 19.6 Å². The minimum Gasteiger partial charge on any atom is -0.871 e. The van der Waals surface area contributed by atoms with Gasteiger partial charge in [-0.25, -0.2) is 33.7 Å². The van der Waals surface area contributed by atoms with E-state index in [1.807, 2.05) is 0 Å². The summed E-state index contributed by atoms with van der Waals surface area (Å²) in [4.78, 5) is 7.94. The van der Waals surface area contributed by atoms with Crippen LogP contribution in [0.1, 0.15) is 0 Å². The van der Waals surface area contributed by atoms with Crippen molar-refractivity contribution >= 4 is 120 Å². The van der Waals surface area contributed by atoms with E-state index in [4.69, 9.17) is 11.6 Å². The Morgan fingerprint density at radius 2 is 0.836 bits per heavy atom. The molecule has 7 aromatic rings. The number of aromatic nitrogens is 3. The van der Waals surface area contributed by atoms with Gasteiger partial charge in [-0.2, -0.15) is 25.2 Å². The van der Waals surface area contributed by atoms with Crippen LogP contribution >= 0.6 is 11.6 Å². The zero-order valence-electron chi connectivity index (χ0n) is 31.9. The number of hydrogen-bond acceptors (Lipinski definition) is 25. The number of rotatable bonds is 12. The molecule has 0 aliphatic carbocycles. The van der Waals surface area contributed by atoms with Crippen molar-refractivity contribution in [3.8, 4) is 23.0 Å². The summed E-state index contributed by atoms with van der Waals surface area (Å²) in [6, 6.07) is 12.7. The van der Waals surface area contributed by atoms with Gasteiger partial charge in [0.25, 0.3) is 0 Å². The van der Waals surface area contributed by atoms with Crippen LogP contribution in [0.15, 0.2) is 125 Å². The van der Waals surface area contributed by atoms with E-state index in [0.29, 0.717) is 36.4 Å². The fourth-order valence-electron chi connectivity index (χ4n) is 5.79. The summed E-state index contributed by atoms with van der Waals surface area (Å²) in [5.41, 5.74) is -3.44. The van der Waals surface area contributed by atoms with E-state index >= 15 is 0 Å². The maximum absolute atomic E-state index is 13.4. The molecule has 0 aliphatic heterocycles. The molecule has 1 aromatic heterocycles. The standard InChI is InChI=1S/C35H24ClN9O16S4.2Cu/c36-33-39-34(37-17-1-5-21-15(9-17)11-27(64(56,57)58)29(31(21)48)44-42-23-13-19(62(50,51)52)3-7-25(23)46)41-35(40-33)38-18-2-6-22-16(10-18)12-28(65(59,60)61)30(32(22)49)45-43-24-14-20(63(53,54)55)4-8-26(24)47;;/h1-14,46-49H,(H,50,51,52)(H,53,54,55)(H,56,57,58)(H,59,60,61)(H2,37,38,39,40,41);;/q;2*+2/p-8. The number of fused-ring (bicyclic) bond motifs is 2. The van der Waals surface area contributed by atoms with Gasteiger partial charge in [0, 0.05) is 11.4 Å². The van der Waals surface area contributed by atoms with Gasteiger partial charge in [-0.05, 0) is 93.8 Å². The molecule has 0 aliphatic rings. The van der Waals surface area contributed by atoms with Crippen LogP contribution in [0.2, 0.25) is 5.28 Å². The molecule has 0 atom stereocenters. The molecule has 7 rings (SSSR count). The van der Waals surface area contributed by atoms with Crippen molar-refractivity contribution in [3.63, 3.8) is 0 Å². The van der Waals surface area contributed by atoms with Crippen LogP contribution in [0.3, 0.4) is 0 Å². The van der Waals surface area contributed by atoms with Gasteiger partial charge >= 0.3 is 34.1 Å². The Morgan fingerprint density at radius 1 is 0.463 bits per heavy atom. The molecule has 2 radical (unpaired) electrons. The monoisotopic (exact) mass is 1110 g/mol. The summed E-state index contributed by atoms with van der Waals surface area (Å²) in [5, 5.41) is 69.4. The van der Waals surface area contributed by atoms with E-state index in [1.165, 1.54) is 36.4 Å². The van der Waals surface area contributed by atoms with Gasteiger partial charge in [-0.15, -0.1) is 10.2 Å². The van der Waals surface area contributed by atoms with Crippen LogP contribution < -0.4 is 31.1 Å². The maximum atomic E-state index is 13.4. The topological polar surface area (TPSA) is 433 Å². The zero-order valence-corrected chi connectivity index (χ0v) is 37.8. The predicted octanol–water partition coefficient (Wildman–Crippen LogP) is 3.06. The first kappa shape index (κ1) is 51.8. The third kappa shape index (κ3) is 11.5. The first-order chi connectivity index (χ1) is 30.3. The molecular formula is C35H16ClCu2N9O16S4-4. The summed E-state index contributed by atoms with van der Waals surface area (Å²) < 4.78 is 142. The van der Waals surface area contributed by atoms with Crippen molar-refractivity contribution in [2.24, 2.45) is 20.5 Å². The molecule has 67 heavy (non-hydrogen) atoms. The van der Waals surface area contributed by atoms with Gasteiger partial charge in [-0.3, -0.25) is 0 Å². The average Bonchev–Trinajstić information content (AvgIpc) is 3.19. The molecule has 354 valence electrons. The van der Waals surface area contributed by atoms with Gasteiger partial charge < -0.3 is 49.3 Å². The van der Waals surface area contributed by atoms with E-state index in [-0.39, 0.29) is 79.0 Å². The SMILES string of the molecule is O=S(=O)([O-])c1ccc([O-])c(N=Nc2c(S(=O)(=O)[O-])cc3cc(Nc4nc(Cl)nc(Nc5ccc6c([O-])c(N=Nc7cc(S(=O)(=O)[O-])ccc7[O-])c(S(=O)(=O)[O-])cc6c5)n4)ccc3c2[O-])c1.[Cu+2].[Cu+2]. The number of benzene rings is 6. The minimum absolute atomic E-state index is 0. The second kappa shape index (κ2) is 19.2. The fourth-order valence-corrected chi connectivity index (χ4v) is 8.22. The second-order valence-electron chi connectivity index (χ2n) is 13.0. The van der Waals surface area contributed by atoms with Crippen LogP contribution in [0.5, 0.6) is 23.0 Å². The van der Waals surface area contributed by atoms with Crippen LogP contribution in [-0.2, 0) is 74.6 Å². The summed E-state index contributed by atoms with van der Waals surface area (Å²) in [5.74, 6) is -4.77. The van der Waals surface area contributed by atoms with Crippen LogP contribution in [-0.4, -0.2) is 66.8 Å². The third-order valence-corrected chi connectivity index (χ3v) is 12.2. The summed E-state index contributed by atoms with van der Waals surface area (Å²) in [7, 11) is -21.1. The van der Waals surface area contributed by atoms with Gasteiger partial charge in [0.15, 0.2) is 0 Å². The summed E-state index contributed by atoms with van der Waals surface area (Å²) in [6.07, 6.45) is 0. The molecule has 0 unspecified atom stereocenters. The molecule has 1 heterocycles. The number of azo groups is 2. The molecule has 0 saturated heterocycles. The number of nitrogens with one attached hydrogen (secondary N) is 2. The molecule has 0 spiro atoms. The van der Waals surface area contributed by atoms with Gasteiger partial charge in [0.2, 0.25) is 17.2 Å². The molecule has 0 saturated carbocycles. The van der Waals surface area contributed by atoms with Gasteiger partial charge in [-0.1, -0.05) is 47.3 Å². The number of nitrogens with zero attached hydrogens (tertiary/aromatic N) is 7. The smallest absolute Gasteiger partial charge is 0.871 e. The molecule has 6 aromatic carbocycles. The van der Waals surface area contributed by atoms with Crippen molar-refractivity contribution in [3.05, 3.63) is 90.2 Å². The molecule has 0 bridgehead atoms. The zero-order chi connectivity index (χ0) is 47.4. The van der Waals surface area contributed by atoms with E-state index in [2.05, 4.69) is 46.0 Å². The predicted molar refractivity (Wildman–Crippen MR) is 210 cm³/mol. The largest absolute Gasteiger partial charge is 2.00 e. The summed E-state index contributed by atoms with van der Waals surface area (Å²) in [6.45, 7) is 0. The number of hydrogen-bond donors (Lipinski definition) is 2. The first-order valence-corrected chi connectivity index (χ1v) is 23.1. The average molecular weight is 1110 g/mol. The number of halogens is 1. The summed E-state index contributed by atoms with van der Waals surface area (Å²) >= 11 is 6.12. The third-order valence-electron chi connectivity index (χ3n) is 8.68. The molecule has 0 amide bonds. The Morgan fingerprint density at radius 3 is 1.18 bits per heavy atom.